The number of hydrogen-bond acceptors (Lipinski definition) is 3. The van der Waals surface area contributed by atoms with Crippen molar-refractivity contribution in [1.82, 2.24) is 5.32 Å². The SMILES string of the molecule is Cc1ccc(CNCCC(N)=O)s1. The maximum absolute atomic E-state index is 10.4. The van der Waals surface area contributed by atoms with Crippen molar-refractivity contribution in [2.75, 3.05) is 6.54 Å². The third-order valence-corrected chi connectivity index (χ3v) is 2.64. The molecule has 1 aromatic heterocycles. The molecule has 0 aliphatic heterocycles. The Morgan fingerprint density at radius 3 is 2.92 bits per heavy atom. The number of aryl methyl sites for hydroxylation is 1. The predicted octanol–water partition coefficient (Wildman–Crippen LogP) is 1.02. The molecule has 1 amide bonds. The summed E-state index contributed by atoms with van der Waals surface area (Å²) in [5, 5.41) is 3.16. The van der Waals surface area contributed by atoms with E-state index in [0.29, 0.717) is 13.0 Å². The lowest BCUT2D eigenvalue weighted by atomic mass is 10.4. The quantitative estimate of drug-likeness (QED) is 0.694. The van der Waals surface area contributed by atoms with Gasteiger partial charge in [0.25, 0.3) is 0 Å². The van der Waals surface area contributed by atoms with E-state index in [4.69, 9.17) is 5.73 Å². The van der Waals surface area contributed by atoms with Gasteiger partial charge in [-0.05, 0) is 19.1 Å². The van der Waals surface area contributed by atoms with Crippen LogP contribution in [-0.2, 0) is 11.3 Å². The van der Waals surface area contributed by atoms with Crippen molar-refractivity contribution in [1.29, 1.82) is 0 Å². The van der Waals surface area contributed by atoms with E-state index < -0.39 is 0 Å². The largest absolute Gasteiger partial charge is 0.370 e. The Balaban J connectivity index is 2.16. The lowest BCUT2D eigenvalue weighted by Gasteiger charge is -1.99. The van der Waals surface area contributed by atoms with E-state index in [9.17, 15) is 4.79 Å². The Morgan fingerprint density at radius 1 is 1.62 bits per heavy atom. The van der Waals surface area contributed by atoms with Gasteiger partial charge in [-0.3, -0.25) is 4.79 Å². The van der Waals surface area contributed by atoms with Crippen LogP contribution in [0.5, 0.6) is 0 Å². The number of amides is 1. The number of primary amides is 1. The summed E-state index contributed by atoms with van der Waals surface area (Å²) in [6.45, 7) is 3.57. The molecule has 0 saturated heterocycles. The zero-order valence-corrected chi connectivity index (χ0v) is 8.49. The lowest BCUT2D eigenvalue weighted by Crippen LogP contribution is -2.21. The highest BCUT2D eigenvalue weighted by molar-refractivity contribution is 7.11. The highest BCUT2D eigenvalue weighted by Gasteiger charge is 1.96. The normalized spacial score (nSPS) is 10.2. The molecule has 0 spiro atoms. The molecule has 0 aromatic carbocycles. The van der Waals surface area contributed by atoms with Gasteiger partial charge in [-0.1, -0.05) is 0 Å². The Labute approximate surface area is 81.9 Å². The number of carbonyl (C=O) groups excluding carboxylic acids is 1. The van der Waals surface area contributed by atoms with Crippen LogP contribution in [-0.4, -0.2) is 12.5 Å². The van der Waals surface area contributed by atoms with Crippen molar-refractivity contribution >= 4 is 17.2 Å². The summed E-state index contributed by atoms with van der Waals surface area (Å²) >= 11 is 1.77. The van der Waals surface area contributed by atoms with Gasteiger partial charge >= 0.3 is 0 Å². The Bertz CT molecular complexity index is 283. The summed E-state index contributed by atoms with van der Waals surface area (Å²) in [6, 6.07) is 4.19. The molecule has 0 fully saturated rings. The van der Waals surface area contributed by atoms with Gasteiger partial charge in [0.1, 0.15) is 0 Å². The smallest absolute Gasteiger partial charge is 0.218 e. The van der Waals surface area contributed by atoms with Crippen LogP contribution in [0.4, 0.5) is 0 Å². The third kappa shape index (κ3) is 4.05. The van der Waals surface area contributed by atoms with Crippen molar-refractivity contribution in [2.45, 2.75) is 19.9 Å². The minimum Gasteiger partial charge on any atom is -0.370 e. The van der Waals surface area contributed by atoms with Crippen molar-refractivity contribution in [3.63, 3.8) is 0 Å². The first-order chi connectivity index (χ1) is 6.18. The number of nitrogens with one attached hydrogen (secondary N) is 1. The van der Waals surface area contributed by atoms with Gasteiger partial charge < -0.3 is 11.1 Å². The van der Waals surface area contributed by atoms with Gasteiger partial charge in [0.2, 0.25) is 5.91 Å². The predicted molar refractivity (Wildman–Crippen MR) is 54.6 cm³/mol. The molecule has 0 aliphatic carbocycles. The molecule has 4 heteroatoms. The van der Waals surface area contributed by atoms with Crippen molar-refractivity contribution in [3.8, 4) is 0 Å². The molecule has 0 bridgehead atoms. The van der Waals surface area contributed by atoms with Crippen LogP contribution < -0.4 is 11.1 Å². The van der Waals surface area contributed by atoms with Gasteiger partial charge in [0.05, 0.1) is 0 Å². The van der Waals surface area contributed by atoms with E-state index in [1.54, 1.807) is 11.3 Å². The fourth-order valence-electron chi connectivity index (χ4n) is 1.00. The van der Waals surface area contributed by atoms with E-state index >= 15 is 0 Å². The molecule has 0 aliphatic rings. The highest BCUT2D eigenvalue weighted by atomic mass is 32.1. The zero-order valence-electron chi connectivity index (χ0n) is 7.67. The van der Waals surface area contributed by atoms with Crippen molar-refractivity contribution in [3.05, 3.63) is 21.9 Å². The highest BCUT2D eigenvalue weighted by Crippen LogP contribution is 2.14. The molecule has 3 N–H and O–H groups in total. The molecule has 1 aromatic rings. The molecular weight excluding hydrogens is 184 g/mol. The van der Waals surface area contributed by atoms with Gasteiger partial charge in [0.15, 0.2) is 0 Å². The molecule has 0 atom stereocenters. The van der Waals surface area contributed by atoms with Crippen LogP contribution in [0, 0.1) is 6.92 Å². The average molecular weight is 198 g/mol. The van der Waals surface area contributed by atoms with Crippen molar-refractivity contribution in [2.24, 2.45) is 5.73 Å². The van der Waals surface area contributed by atoms with E-state index in [2.05, 4.69) is 24.4 Å². The molecule has 13 heavy (non-hydrogen) atoms. The fraction of sp³-hybridized carbons (Fsp3) is 0.444. The van der Waals surface area contributed by atoms with Crippen LogP contribution in [0.15, 0.2) is 12.1 Å². The Morgan fingerprint density at radius 2 is 2.38 bits per heavy atom. The number of carbonyl (C=O) groups is 1. The summed E-state index contributed by atoms with van der Waals surface area (Å²) in [5.41, 5.74) is 5.00. The summed E-state index contributed by atoms with van der Waals surface area (Å²) in [4.78, 5) is 13.0. The van der Waals surface area contributed by atoms with Crippen LogP contribution in [0.25, 0.3) is 0 Å². The molecule has 1 heterocycles. The second kappa shape index (κ2) is 4.99. The molecular formula is C9H14N2OS. The lowest BCUT2D eigenvalue weighted by molar-refractivity contribution is -0.117. The molecule has 72 valence electrons. The zero-order chi connectivity index (χ0) is 9.68. The summed E-state index contributed by atoms with van der Waals surface area (Å²) in [6.07, 6.45) is 0.407. The number of hydrogen-bond donors (Lipinski definition) is 2. The first-order valence-corrected chi connectivity index (χ1v) is 5.04. The minimum atomic E-state index is -0.255. The van der Waals surface area contributed by atoms with E-state index in [1.165, 1.54) is 9.75 Å². The van der Waals surface area contributed by atoms with Gasteiger partial charge in [-0.25, -0.2) is 0 Å². The van der Waals surface area contributed by atoms with Crippen LogP contribution in [0.2, 0.25) is 0 Å². The minimum absolute atomic E-state index is 0.255. The van der Waals surface area contributed by atoms with Crippen molar-refractivity contribution < 1.29 is 4.79 Å². The van der Waals surface area contributed by atoms with Gasteiger partial charge in [-0.2, -0.15) is 0 Å². The average Bonchev–Trinajstić information content (AvgIpc) is 2.45. The summed E-state index contributed by atoms with van der Waals surface area (Å²) in [5.74, 6) is -0.255. The molecule has 0 unspecified atom stereocenters. The number of rotatable bonds is 5. The molecule has 0 radical (unpaired) electrons. The molecule has 1 rings (SSSR count). The summed E-state index contributed by atoms with van der Waals surface area (Å²) in [7, 11) is 0. The van der Waals surface area contributed by atoms with Crippen LogP contribution >= 0.6 is 11.3 Å². The topological polar surface area (TPSA) is 55.1 Å². The Kier molecular flexibility index (Phi) is 3.92. The monoisotopic (exact) mass is 198 g/mol. The van der Waals surface area contributed by atoms with Crippen LogP contribution in [0.3, 0.4) is 0 Å². The van der Waals surface area contributed by atoms with Gasteiger partial charge in [-0.15, -0.1) is 11.3 Å². The second-order valence-corrected chi connectivity index (χ2v) is 4.28. The fourth-order valence-corrected chi connectivity index (χ4v) is 1.86. The first-order valence-electron chi connectivity index (χ1n) is 4.23. The first kappa shape index (κ1) is 10.2. The summed E-state index contributed by atoms with van der Waals surface area (Å²) < 4.78 is 0. The second-order valence-electron chi connectivity index (χ2n) is 2.91. The van der Waals surface area contributed by atoms with E-state index in [0.717, 1.165) is 6.54 Å². The number of nitrogens with two attached hydrogens (primary N) is 1. The van der Waals surface area contributed by atoms with Crippen LogP contribution in [0.1, 0.15) is 16.2 Å². The Hall–Kier alpha value is -0.870. The van der Waals surface area contributed by atoms with E-state index in [1.807, 2.05) is 0 Å². The maximum atomic E-state index is 10.4. The number of thiophene rings is 1. The standard InChI is InChI=1S/C9H14N2OS/c1-7-2-3-8(13-7)6-11-5-4-9(10)12/h2-3,11H,4-6H2,1H3,(H2,10,12). The molecule has 3 nitrogen and oxygen atoms in total. The molecule has 0 saturated carbocycles. The van der Waals surface area contributed by atoms with Gasteiger partial charge in [0, 0.05) is 29.3 Å². The third-order valence-electron chi connectivity index (χ3n) is 1.64. The maximum Gasteiger partial charge on any atom is 0.218 e. The van der Waals surface area contributed by atoms with E-state index in [-0.39, 0.29) is 5.91 Å².